The van der Waals surface area contributed by atoms with Crippen LogP contribution in [0.4, 0.5) is 4.79 Å². The quantitative estimate of drug-likeness (QED) is 0.602. The summed E-state index contributed by atoms with van der Waals surface area (Å²) >= 11 is 0. The lowest BCUT2D eigenvalue weighted by Crippen LogP contribution is -2.45. The molecule has 20 heavy (non-hydrogen) atoms. The van der Waals surface area contributed by atoms with Crippen molar-refractivity contribution in [2.24, 2.45) is 5.92 Å². The second-order valence-electron chi connectivity index (χ2n) is 5.79. The van der Waals surface area contributed by atoms with Crippen LogP contribution >= 0.6 is 0 Å². The lowest BCUT2D eigenvalue weighted by atomic mass is 9.87. The van der Waals surface area contributed by atoms with E-state index >= 15 is 0 Å². The van der Waals surface area contributed by atoms with Crippen LogP contribution in [-0.4, -0.2) is 43.6 Å². The molecule has 0 atom stereocenters. The number of methoxy groups -OCH3 is 1. The topological polar surface area (TPSA) is 58.6 Å². The van der Waals surface area contributed by atoms with Crippen molar-refractivity contribution in [3.05, 3.63) is 0 Å². The number of rotatable bonds is 6. The third-order valence-electron chi connectivity index (χ3n) is 4.17. The van der Waals surface area contributed by atoms with Crippen LogP contribution in [-0.2, 0) is 9.53 Å². The third-order valence-corrected chi connectivity index (χ3v) is 4.17. The first-order valence-electron chi connectivity index (χ1n) is 7.62. The molecule has 1 aliphatic carbocycles. The van der Waals surface area contributed by atoms with E-state index in [2.05, 4.69) is 17.0 Å². The Balaban J connectivity index is 2.14. The molecule has 1 saturated carbocycles. The predicted molar refractivity (Wildman–Crippen MR) is 78.4 cm³/mol. The summed E-state index contributed by atoms with van der Waals surface area (Å²) in [6.45, 7) is 2.89. The van der Waals surface area contributed by atoms with Crippen LogP contribution in [0.2, 0.25) is 0 Å². The van der Waals surface area contributed by atoms with Crippen LogP contribution in [0, 0.1) is 5.92 Å². The molecule has 1 aliphatic rings. The summed E-state index contributed by atoms with van der Waals surface area (Å²) in [6, 6.07) is 0.379. The van der Waals surface area contributed by atoms with Gasteiger partial charge in [0.25, 0.3) is 0 Å². The maximum Gasteiger partial charge on any atom is 0.317 e. The van der Waals surface area contributed by atoms with E-state index in [0.29, 0.717) is 19.0 Å². The van der Waals surface area contributed by atoms with Gasteiger partial charge in [-0.2, -0.15) is 0 Å². The standard InChI is InChI=1S/C15H28N2O3/c1-12-7-9-13(10-8-12)17(2)15(19)16-11-5-4-6-14(18)20-3/h12-13H,4-11H2,1-3H3,(H,16,19). The minimum Gasteiger partial charge on any atom is -0.469 e. The lowest BCUT2D eigenvalue weighted by molar-refractivity contribution is -0.140. The fraction of sp³-hybridized carbons (Fsp3) is 0.867. The molecule has 0 aromatic rings. The smallest absolute Gasteiger partial charge is 0.317 e. The minimum atomic E-state index is -0.190. The number of nitrogens with zero attached hydrogens (tertiary/aromatic N) is 1. The summed E-state index contributed by atoms with van der Waals surface area (Å²) in [5.74, 6) is 0.603. The molecule has 0 radical (unpaired) electrons. The summed E-state index contributed by atoms with van der Waals surface area (Å²) < 4.78 is 4.57. The lowest BCUT2D eigenvalue weighted by Gasteiger charge is -2.33. The monoisotopic (exact) mass is 284 g/mol. The number of amides is 2. The van der Waals surface area contributed by atoms with E-state index in [0.717, 1.165) is 31.6 Å². The maximum atomic E-state index is 12.0. The predicted octanol–water partition coefficient (Wildman–Crippen LogP) is 2.55. The van der Waals surface area contributed by atoms with Gasteiger partial charge in [0.05, 0.1) is 7.11 Å². The number of unbranched alkanes of at least 4 members (excludes halogenated alkanes) is 1. The molecule has 0 saturated heterocycles. The van der Waals surface area contributed by atoms with Crippen LogP contribution in [0.5, 0.6) is 0 Å². The van der Waals surface area contributed by atoms with Crippen molar-refractivity contribution in [3.8, 4) is 0 Å². The van der Waals surface area contributed by atoms with Crippen molar-refractivity contribution in [3.63, 3.8) is 0 Å². The molecule has 5 heteroatoms. The van der Waals surface area contributed by atoms with E-state index in [1.54, 1.807) is 0 Å². The molecule has 0 heterocycles. The average Bonchev–Trinajstić information content (AvgIpc) is 2.46. The van der Waals surface area contributed by atoms with Crippen LogP contribution < -0.4 is 5.32 Å². The SMILES string of the molecule is COC(=O)CCCCNC(=O)N(C)C1CCC(C)CC1. The highest BCUT2D eigenvalue weighted by Gasteiger charge is 2.24. The summed E-state index contributed by atoms with van der Waals surface area (Å²) in [5, 5.41) is 2.92. The van der Waals surface area contributed by atoms with Gasteiger partial charge in [-0.05, 0) is 44.4 Å². The van der Waals surface area contributed by atoms with Crippen LogP contribution in [0.1, 0.15) is 51.9 Å². The average molecular weight is 284 g/mol. The van der Waals surface area contributed by atoms with Crippen molar-refractivity contribution in [2.75, 3.05) is 20.7 Å². The van der Waals surface area contributed by atoms with E-state index in [4.69, 9.17) is 0 Å². The number of carbonyl (C=O) groups excluding carboxylic acids is 2. The van der Waals surface area contributed by atoms with Crippen molar-refractivity contribution >= 4 is 12.0 Å². The molecule has 0 aromatic carbocycles. The number of esters is 1. The van der Waals surface area contributed by atoms with Gasteiger partial charge in [-0.1, -0.05) is 6.92 Å². The molecule has 0 unspecified atom stereocenters. The number of carbonyl (C=O) groups is 2. The van der Waals surface area contributed by atoms with E-state index in [1.165, 1.54) is 20.0 Å². The first-order valence-corrected chi connectivity index (χ1v) is 7.62. The van der Waals surface area contributed by atoms with Gasteiger partial charge in [-0.3, -0.25) is 4.79 Å². The number of ether oxygens (including phenoxy) is 1. The van der Waals surface area contributed by atoms with Gasteiger partial charge in [0.2, 0.25) is 0 Å². The maximum absolute atomic E-state index is 12.0. The normalized spacial score (nSPS) is 22.1. The third kappa shape index (κ3) is 5.80. The van der Waals surface area contributed by atoms with Gasteiger partial charge in [-0.25, -0.2) is 4.79 Å². The Labute approximate surface area is 122 Å². The van der Waals surface area contributed by atoms with E-state index in [9.17, 15) is 9.59 Å². The summed E-state index contributed by atoms with van der Waals surface area (Å²) in [7, 11) is 3.27. The number of hydrogen-bond donors (Lipinski definition) is 1. The molecule has 0 spiro atoms. The molecule has 116 valence electrons. The van der Waals surface area contributed by atoms with Crippen molar-refractivity contribution in [1.29, 1.82) is 0 Å². The largest absolute Gasteiger partial charge is 0.469 e. The van der Waals surface area contributed by atoms with E-state index < -0.39 is 0 Å². The fourth-order valence-electron chi connectivity index (χ4n) is 2.61. The van der Waals surface area contributed by atoms with Crippen LogP contribution in [0.15, 0.2) is 0 Å². The van der Waals surface area contributed by atoms with E-state index in [1.807, 2.05) is 11.9 Å². The Kier molecular flexibility index (Phi) is 7.41. The van der Waals surface area contributed by atoms with Crippen molar-refractivity contribution < 1.29 is 14.3 Å². The van der Waals surface area contributed by atoms with Crippen LogP contribution in [0.3, 0.4) is 0 Å². The summed E-state index contributed by atoms with van der Waals surface area (Å²) in [4.78, 5) is 24.8. The Morgan fingerprint density at radius 3 is 2.45 bits per heavy atom. The van der Waals surface area contributed by atoms with Gasteiger partial charge >= 0.3 is 12.0 Å². The first-order chi connectivity index (χ1) is 9.54. The first kappa shape index (κ1) is 16.8. The molecule has 1 fully saturated rings. The zero-order valence-electron chi connectivity index (χ0n) is 13.0. The van der Waals surface area contributed by atoms with Gasteiger partial charge < -0.3 is 15.0 Å². The fourth-order valence-corrected chi connectivity index (χ4v) is 2.61. The highest BCUT2D eigenvalue weighted by atomic mass is 16.5. The molecular formula is C15H28N2O3. The number of hydrogen-bond acceptors (Lipinski definition) is 3. The zero-order chi connectivity index (χ0) is 15.0. The second-order valence-corrected chi connectivity index (χ2v) is 5.79. The molecule has 0 bridgehead atoms. The van der Waals surface area contributed by atoms with Gasteiger partial charge in [0.15, 0.2) is 0 Å². The molecular weight excluding hydrogens is 256 g/mol. The Morgan fingerprint density at radius 2 is 1.85 bits per heavy atom. The summed E-state index contributed by atoms with van der Waals surface area (Å²) in [5.41, 5.74) is 0. The number of urea groups is 1. The molecule has 5 nitrogen and oxygen atoms in total. The molecule has 1 rings (SSSR count). The highest BCUT2D eigenvalue weighted by Crippen LogP contribution is 2.26. The van der Waals surface area contributed by atoms with Crippen molar-refractivity contribution in [2.45, 2.75) is 57.9 Å². The minimum absolute atomic E-state index is 0.00243. The molecule has 2 amide bonds. The van der Waals surface area contributed by atoms with Crippen molar-refractivity contribution in [1.82, 2.24) is 10.2 Å². The van der Waals surface area contributed by atoms with E-state index in [-0.39, 0.29) is 12.0 Å². The summed E-state index contributed by atoms with van der Waals surface area (Å²) in [6.07, 6.45) is 6.60. The number of nitrogens with one attached hydrogen (secondary N) is 1. The van der Waals surface area contributed by atoms with Crippen LogP contribution in [0.25, 0.3) is 0 Å². The highest BCUT2D eigenvalue weighted by molar-refractivity contribution is 5.74. The van der Waals surface area contributed by atoms with Gasteiger partial charge in [0.1, 0.15) is 0 Å². The zero-order valence-corrected chi connectivity index (χ0v) is 13.0. The molecule has 1 N–H and O–H groups in total. The Hall–Kier alpha value is -1.26. The van der Waals surface area contributed by atoms with Gasteiger partial charge in [-0.15, -0.1) is 0 Å². The van der Waals surface area contributed by atoms with Gasteiger partial charge in [0, 0.05) is 26.1 Å². The Bertz CT molecular complexity index is 312. The second kappa shape index (κ2) is 8.82. The Morgan fingerprint density at radius 1 is 1.20 bits per heavy atom. The molecule has 0 aromatic heterocycles. The molecule has 0 aliphatic heterocycles.